The Morgan fingerprint density at radius 1 is 0.286 bits per heavy atom. The van der Waals surface area contributed by atoms with Crippen molar-refractivity contribution < 1.29 is 129 Å². The topological polar surface area (TPSA) is 69.4 Å². The Kier molecular flexibility index (Phi) is 18.8. The largest absolute Gasteiger partial charge is 0.249 e. The Balaban J connectivity index is 0.000000418. The molecule has 0 amide bonds. The van der Waals surface area contributed by atoms with E-state index in [1.807, 2.05) is 0 Å². The fourth-order valence-corrected chi connectivity index (χ4v) is 6.50. The van der Waals surface area contributed by atoms with Crippen LogP contribution in [0.4, 0.5) is 101 Å². The van der Waals surface area contributed by atoms with Gasteiger partial charge in [0.15, 0.2) is 0 Å². The SMILES string of the molecule is CC(C)=O.CC(C)=O.F[P-](F)(F)(F)(F)F.F[P-](F)(F)(F)(F)F.F[P-](F)(F)(F)(F)F.F[P-](F)(F)(F)(F)F.c1cc2ccc1C[n+]1ccn(c1)-c1ccc(cc1)-n1cc[n+](c1)Cc1ccc(cc1)C[n+]1ccn(c1)-c1ccc(cc1)-n1cc[n+](c1)C2. The smallest absolute Gasteiger partial charge is 0.232 e. The van der Waals surface area contributed by atoms with Crippen molar-refractivity contribution in [1.82, 2.24) is 18.3 Å². The third-order valence-corrected chi connectivity index (χ3v) is 9.16. The molecule has 10 aliphatic heterocycles. The van der Waals surface area contributed by atoms with Gasteiger partial charge >= 0.3 is 132 Å². The van der Waals surface area contributed by atoms with E-state index < -0.39 is 31.2 Å². The van der Waals surface area contributed by atoms with Crippen LogP contribution in [0.2, 0.25) is 0 Å². The molecule has 10 nitrogen and oxygen atoms in total. The van der Waals surface area contributed by atoms with Gasteiger partial charge in [-0.2, -0.15) is 0 Å². The zero-order valence-electron chi connectivity index (χ0n) is 43.2. The summed E-state index contributed by atoms with van der Waals surface area (Å²) in [6.07, 6.45) is 25.6. The molecule has 0 radical (unpaired) electrons. The van der Waals surface area contributed by atoms with E-state index in [4.69, 9.17) is 0 Å². The second-order valence-corrected chi connectivity index (χ2v) is 26.0. The summed E-state index contributed by atoms with van der Waals surface area (Å²) in [4.78, 5) is 18.9. The summed E-state index contributed by atoms with van der Waals surface area (Å²) >= 11 is 0. The third kappa shape index (κ3) is 40.3. The van der Waals surface area contributed by atoms with Crippen molar-refractivity contribution in [1.29, 1.82) is 0 Å². The number of hydrogen-bond acceptors (Lipinski definition) is 2. The first kappa shape index (κ1) is 71.4. The normalized spacial score (nSPS) is 15.6. The van der Waals surface area contributed by atoms with E-state index in [-0.39, 0.29) is 11.6 Å². The first-order valence-corrected chi connectivity index (χ1v) is 30.9. The molecule has 0 atom stereocenters. The molecule has 84 heavy (non-hydrogen) atoms. The summed E-state index contributed by atoms with van der Waals surface area (Å²) in [5, 5.41) is 0. The summed E-state index contributed by atoms with van der Waals surface area (Å²) in [5.41, 5.74) is 9.63. The van der Waals surface area contributed by atoms with Crippen LogP contribution in [0.3, 0.4) is 0 Å². The van der Waals surface area contributed by atoms with E-state index in [0.717, 1.165) is 48.9 Å². The van der Waals surface area contributed by atoms with Crippen LogP contribution in [-0.2, 0) is 35.8 Å². The molecular weight excluding hydrogens is 1280 g/mol. The summed E-state index contributed by atoms with van der Waals surface area (Å²) in [6, 6.07) is 35.2. The van der Waals surface area contributed by atoms with Crippen LogP contribution in [-0.4, -0.2) is 29.8 Å². The predicted octanol–water partition coefficient (Wildman–Crippen LogP) is 19.2. The first-order chi connectivity index (χ1) is 36.9. The van der Waals surface area contributed by atoms with E-state index in [2.05, 4.69) is 208 Å². The van der Waals surface area contributed by atoms with Crippen molar-refractivity contribution in [2.45, 2.75) is 53.9 Å². The molecule has 0 saturated heterocycles. The van der Waals surface area contributed by atoms with Gasteiger partial charge in [0.25, 0.3) is 0 Å². The number of Topliss-reactive ketones (excluding diaryl/α,β-unsaturated/α-hetero) is 2. The second-order valence-electron chi connectivity index (χ2n) is 18.3. The van der Waals surface area contributed by atoms with Crippen LogP contribution in [0.5, 0.6) is 0 Å². The molecule has 14 heterocycles. The zero-order valence-corrected chi connectivity index (χ0v) is 46.8. The van der Waals surface area contributed by atoms with Crippen LogP contribution in [0.25, 0.3) is 22.7 Å². The average Bonchev–Trinajstić information content (AvgIpc) is 4.21. The van der Waals surface area contributed by atoms with E-state index in [0.29, 0.717) is 0 Å². The molecule has 16 bridgehead atoms. The van der Waals surface area contributed by atoms with Crippen molar-refractivity contribution in [3.8, 4) is 22.7 Å². The minimum Gasteiger partial charge on any atom is -0.232 e. The van der Waals surface area contributed by atoms with Crippen molar-refractivity contribution in [2.75, 3.05) is 0 Å². The van der Waals surface area contributed by atoms with E-state index in [9.17, 15) is 110 Å². The van der Waals surface area contributed by atoms with Gasteiger partial charge in [0.1, 0.15) is 110 Å². The Bertz CT molecular complexity index is 3020. The Morgan fingerprint density at radius 2 is 0.405 bits per heavy atom. The minimum atomic E-state index is -10.7. The van der Waals surface area contributed by atoms with Crippen molar-refractivity contribution in [2.24, 2.45) is 0 Å². The summed E-state index contributed by atoms with van der Waals surface area (Å²) in [5.74, 6) is 0.333. The maximum absolute atomic E-state index is 10.7. The van der Waals surface area contributed by atoms with Crippen molar-refractivity contribution in [3.63, 3.8) is 0 Å². The van der Waals surface area contributed by atoms with Gasteiger partial charge in [-0.1, -0.05) is 48.5 Å². The minimum absolute atomic E-state index is 0.167. The molecule has 4 aromatic heterocycles. The maximum Gasteiger partial charge on any atom is 0.249 e. The van der Waals surface area contributed by atoms with Crippen LogP contribution < -0.4 is 18.3 Å². The standard InChI is InChI=1S/C40H36N8.2C3H6O.4F6P/c1-2-34-4-3-33(1)25-41-17-21-45(29-41)37-9-11-39(12-10-37)47-23-19-43(31-47)27-35-5-7-36(8-6-35)28-44-20-24-48(32-44)40-15-13-38(14-16-40)46-22-18-42(26-34)30-46;2*1-3(2)4;4*1-7(2,3,4,5)6/h1-24,29-32H,25-28H2;2*1-2H3;;;;/q+4;;;4*-1. The van der Waals surface area contributed by atoms with Crippen molar-refractivity contribution >= 4 is 42.8 Å². The van der Waals surface area contributed by atoms with E-state index in [1.54, 1.807) is 0 Å². The number of nitrogens with zero attached hydrogens (tertiary/aromatic N) is 8. The second kappa shape index (κ2) is 22.2. The van der Waals surface area contributed by atoms with Gasteiger partial charge in [-0.25, -0.2) is 36.5 Å². The zero-order chi connectivity index (χ0) is 64.7. The third-order valence-electron chi connectivity index (χ3n) is 9.16. The number of carbonyl (C=O) groups is 2. The number of ketones is 2. The van der Waals surface area contributed by atoms with E-state index >= 15 is 0 Å². The molecule has 4 aromatic carbocycles. The van der Waals surface area contributed by atoms with Gasteiger partial charge in [-0.15, -0.1) is 0 Å². The molecule has 10 aliphatic rings. The molecule has 0 spiro atoms. The average molecular weight is 1320 g/mol. The fourth-order valence-electron chi connectivity index (χ4n) is 6.50. The number of benzene rings is 4. The van der Waals surface area contributed by atoms with Gasteiger partial charge in [0, 0.05) is 0 Å². The molecule has 472 valence electrons. The summed E-state index contributed by atoms with van der Waals surface area (Å²) in [6.45, 7) is 9.39. The molecule has 0 N–H and O–H groups in total. The van der Waals surface area contributed by atoms with Gasteiger partial charge in [-0.3, -0.25) is 0 Å². The van der Waals surface area contributed by atoms with Gasteiger partial charge in [0.2, 0.25) is 25.3 Å². The molecule has 0 aliphatic carbocycles. The number of rotatable bonds is 0. The Labute approximate surface area is 459 Å². The molecule has 18 rings (SSSR count). The fraction of sp³-hybridized carbons (Fsp3) is 0.174. The number of carbonyl (C=O) groups excluding carboxylic acids is 2. The molecule has 0 saturated carbocycles. The van der Waals surface area contributed by atoms with E-state index in [1.165, 1.54) is 49.9 Å². The number of aromatic nitrogens is 8. The van der Waals surface area contributed by atoms with Crippen molar-refractivity contribution in [3.05, 3.63) is 194 Å². The van der Waals surface area contributed by atoms with Crippen LogP contribution >= 0.6 is 31.2 Å². The quantitative estimate of drug-likeness (QED) is 0.0862. The van der Waals surface area contributed by atoms with Gasteiger partial charge in [-0.05, 0) is 98.5 Å². The molecule has 8 aromatic rings. The maximum atomic E-state index is 9.87. The molecular formula is C46H48F24N8O2P4. The van der Waals surface area contributed by atoms with Gasteiger partial charge in [0.05, 0.1) is 0 Å². The number of halogens is 24. The first-order valence-electron chi connectivity index (χ1n) is 22.8. The Morgan fingerprint density at radius 3 is 0.524 bits per heavy atom. The van der Waals surface area contributed by atoms with Crippen LogP contribution in [0, 0.1) is 0 Å². The molecule has 0 unspecified atom stereocenters. The number of hydrogen-bond donors (Lipinski definition) is 0. The predicted molar refractivity (Wildman–Crippen MR) is 267 cm³/mol. The molecule has 0 fully saturated rings. The summed E-state index contributed by atoms with van der Waals surface area (Å²) in [7, 11) is -42.6. The van der Waals surface area contributed by atoms with Crippen LogP contribution in [0.1, 0.15) is 49.9 Å². The summed E-state index contributed by atoms with van der Waals surface area (Å²) < 4.78 is 254. The van der Waals surface area contributed by atoms with Crippen LogP contribution in [0.15, 0.2) is 172 Å². The monoisotopic (exact) mass is 1320 g/mol. The Hall–Kier alpha value is -6.90. The molecule has 38 heteroatoms. The van der Waals surface area contributed by atoms with Gasteiger partial charge < -0.3 is 9.59 Å². The number of imidazole rings is 4.